The van der Waals surface area contributed by atoms with E-state index in [2.05, 4.69) is 26.1 Å². The number of sulfone groups is 1. The number of nitrogens with one attached hydrogen (secondary N) is 1. The summed E-state index contributed by atoms with van der Waals surface area (Å²) in [6, 6.07) is 7.29. The summed E-state index contributed by atoms with van der Waals surface area (Å²) in [7, 11) is -3.18. The molecular weight excluding hydrogens is 286 g/mol. The quantitative estimate of drug-likeness (QED) is 0.863. The monoisotopic (exact) mass is 309 g/mol. The molecule has 1 aromatic rings. The molecule has 0 saturated carbocycles. The molecule has 2 aliphatic heterocycles. The van der Waals surface area contributed by atoms with Crippen LogP contribution in [0, 0.1) is 5.92 Å². The van der Waals surface area contributed by atoms with Crippen molar-refractivity contribution in [2.45, 2.75) is 43.3 Å². The van der Waals surface area contributed by atoms with Crippen molar-refractivity contribution < 1.29 is 13.2 Å². The predicted molar refractivity (Wildman–Crippen MR) is 82.0 cm³/mol. The summed E-state index contributed by atoms with van der Waals surface area (Å²) in [5.74, 6) is 0.507. The van der Waals surface area contributed by atoms with E-state index in [-0.39, 0.29) is 11.4 Å². The average molecular weight is 309 g/mol. The predicted octanol–water partition coefficient (Wildman–Crippen LogP) is 2.09. The van der Waals surface area contributed by atoms with E-state index in [1.165, 1.54) is 0 Å². The van der Waals surface area contributed by atoms with E-state index in [1.807, 2.05) is 12.1 Å². The molecule has 2 heterocycles. The van der Waals surface area contributed by atoms with Crippen LogP contribution < -0.4 is 5.32 Å². The fourth-order valence-corrected chi connectivity index (χ4v) is 4.99. The van der Waals surface area contributed by atoms with Gasteiger partial charge in [-0.3, -0.25) is 0 Å². The molecule has 2 atom stereocenters. The Kier molecular flexibility index (Phi) is 3.43. The van der Waals surface area contributed by atoms with Crippen LogP contribution in [-0.4, -0.2) is 32.9 Å². The Balaban J connectivity index is 2.11. The number of hydrogen-bond acceptors (Lipinski definition) is 4. The lowest BCUT2D eigenvalue weighted by Gasteiger charge is -2.51. The van der Waals surface area contributed by atoms with E-state index >= 15 is 0 Å². The van der Waals surface area contributed by atoms with Gasteiger partial charge in [0.2, 0.25) is 0 Å². The first-order chi connectivity index (χ1) is 9.79. The molecule has 0 amide bonds. The fourth-order valence-electron chi connectivity index (χ4n) is 3.30. The molecule has 0 radical (unpaired) electrons. The zero-order valence-electron chi connectivity index (χ0n) is 12.8. The highest BCUT2D eigenvalue weighted by molar-refractivity contribution is 7.91. The number of morpholine rings is 1. The van der Waals surface area contributed by atoms with Gasteiger partial charge in [0, 0.05) is 18.7 Å². The Labute approximate surface area is 126 Å². The van der Waals surface area contributed by atoms with Gasteiger partial charge in [0.1, 0.15) is 5.60 Å². The lowest BCUT2D eigenvalue weighted by atomic mass is 9.83. The standard InChI is InChI=1S/C16H23NO3S/c1-12(2)15(3)10-17-11-16(20-15)8-9-21(18,19)14-7-5-4-6-13(14)16/h4-7,12,17H,8-11H2,1-3H3. The third kappa shape index (κ3) is 2.31. The Morgan fingerprint density at radius 1 is 1.24 bits per heavy atom. The highest BCUT2D eigenvalue weighted by atomic mass is 32.2. The van der Waals surface area contributed by atoms with E-state index in [0.717, 1.165) is 12.1 Å². The van der Waals surface area contributed by atoms with Crippen LogP contribution in [0.2, 0.25) is 0 Å². The summed E-state index contributed by atoms with van der Waals surface area (Å²) in [6.07, 6.45) is 0.516. The van der Waals surface area contributed by atoms with Gasteiger partial charge in [0.05, 0.1) is 16.2 Å². The van der Waals surface area contributed by atoms with Crippen molar-refractivity contribution in [2.75, 3.05) is 18.8 Å². The lowest BCUT2D eigenvalue weighted by Crippen LogP contribution is -2.61. The molecule has 116 valence electrons. The van der Waals surface area contributed by atoms with Crippen molar-refractivity contribution in [3.8, 4) is 0 Å². The molecule has 5 heteroatoms. The van der Waals surface area contributed by atoms with Gasteiger partial charge in [0.25, 0.3) is 0 Å². The van der Waals surface area contributed by atoms with Gasteiger partial charge in [-0.2, -0.15) is 0 Å². The highest BCUT2D eigenvalue weighted by Gasteiger charge is 2.50. The van der Waals surface area contributed by atoms with Crippen LogP contribution in [0.4, 0.5) is 0 Å². The number of benzene rings is 1. The smallest absolute Gasteiger partial charge is 0.178 e. The molecular formula is C16H23NO3S. The molecule has 0 bridgehead atoms. The lowest BCUT2D eigenvalue weighted by molar-refractivity contribution is -0.197. The van der Waals surface area contributed by atoms with E-state index in [1.54, 1.807) is 12.1 Å². The number of fused-ring (bicyclic) bond motifs is 2. The minimum atomic E-state index is -3.18. The maximum Gasteiger partial charge on any atom is 0.178 e. The van der Waals surface area contributed by atoms with E-state index in [4.69, 9.17) is 4.74 Å². The number of hydrogen-bond donors (Lipinski definition) is 1. The number of rotatable bonds is 1. The van der Waals surface area contributed by atoms with Crippen LogP contribution in [-0.2, 0) is 20.2 Å². The fraction of sp³-hybridized carbons (Fsp3) is 0.625. The first-order valence-electron chi connectivity index (χ1n) is 7.52. The third-order valence-electron chi connectivity index (χ3n) is 5.02. The van der Waals surface area contributed by atoms with Gasteiger partial charge < -0.3 is 10.1 Å². The van der Waals surface area contributed by atoms with Crippen LogP contribution in [0.25, 0.3) is 0 Å². The second-order valence-corrected chi connectivity index (χ2v) is 8.81. The van der Waals surface area contributed by atoms with Gasteiger partial charge >= 0.3 is 0 Å². The van der Waals surface area contributed by atoms with Crippen LogP contribution in [0.3, 0.4) is 0 Å². The molecule has 1 spiro atoms. The summed E-state index contributed by atoms with van der Waals surface area (Å²) in [5.41, 5.74) is 0.00127. The molecule has 1 fully saturated rings. The highest BCUT2D eigenvalue weighted by Crippen LogP contribution is 2.44. The minimum absolute atomic E-state index is 0.153. The molecule has 1 aromatic carbocycles. The normalized spacial score (nSPS) is 34.9. The average Bonchev–Trinajstić information content (AvgIpc) is 2.44. The van der Waals surface area contributed by atoms with Crippen molar-refractivity contribution >= 4 is 9.84 Å². The molecule has 4 nitrogen and oxygen atoms in total. The van der Waals surface area contributed by atoms with Crippen LogP contribution in [0.1, 0.15) is 32.8 Å². The summed E-state index contributed by atoms with van der Waals surface area (Å²) in [6.45, 7) is 7.86. The summed E-state index contributed by atoms with van der Waals surface area (Å²) < 4.78 is 31.2. The molecule has 2 unspecified atom stereocenters. The van der Waals surface area contributed by atoms with Crippen LogP contribution >= 0.6 is 0 Å². The topological polar surface area (TPSA) is 55.4 Å². The van der Waals surface area contributed by atoms with Crippen molar-refractivity contribution in [1.82, 2.24) is 5.32 Å². The van der Waals surface area contributed by atoms with Gasteiger partial charge in [-0.1, -0.05) is 32.0 Å². The second-order valence-electron chi connectivity index (χ2n) is 6.73. The minimum Gasteiger partial charge on any atom is -0.361 e. The van der Waals surface area contributed by atoms with E-state index < -0.39 is 15.4 Å². The van der Waals surface area contributed by atoms with Crippen molar-refractivity contribution in [1.29, 1.82) is 0 Å². The largest absolute Gasteiger partial charge is 0.361 e. The maximum absolute atomic E-state index is 12.3. The molecule has 1 N–H and O–H groups in total. The van der Waals surface area contributed by atoms with Crippen LogP contribution in [0.5, 0.6) is 0 Å². The van der Waals surface area contributed by atoms with Gasteiger partial charge in [-0.15, -0.1) is 0 Å². The van der Waals surface area contributed by atoms with E-state index in [9.17, 15) is 8.42 Å². The molecule has 0 aromatic heterocycles. The molecule has 1 saturated heterocycles. The van der Waals surface area contributed by atoms with Gasteiger partial charge in [-0.25, -0.2) is 8.42 Å². The molecule has 2 aliphatic rings. The van der Waals surface area contributed by atoms with Crippen LogP contribution in [0.15, 0.2) is 29.2 Å². The Morgan fingerprint density at radius 2 is 1.95 bits per heavy atom. The maximum atomic E-state index is 12.3. The van der Waals surface area contributed by atoms with Crippen molar-refractivity contribution in [3.63, 3.8) is 0 Å². The summed E-state index contributed by atoms with van der Waals surface area (Å²) in [5, 5.41) is 3.47. The molecule has 0 aliphatic carbocycles. The first kappa shape index (κ1) is 15.0. The molecule has 3 rings (SSSR count). The zero-order chi connectivity index (χ0) is 15.3. The zero-order valence-corrected chi connectivity index (χ0v) is 13.7. The Hall–Kier alpha value is -0.910. The first-order valence-corrected chi connectivity index (χ1v) is 9.18. The van der Waals surface area contributed by atoms with E-state index in [0.29, 0.717) is 23.8 Å². The summed E-state index contributed by atoms with van der Waals surface area (Å²) in [4.78, 5) is 0.436. The van der Waals surface area contributed by atoms with Crippen molar-refractivity contribution in [3.05, 3.63) is 29.8 Å². The van der Waals surface area contributed by atoms with Crippen molar-refractivity contribution in [2.24, 2.45) is 5.92 Å². The number of ether oxygens (including phenoxy) is 1. The Morgan fingerprint density at radius 3 is 2.67 bits per heavy atom. The summed E-state index contributed by atoms with van der Waals surface area (Å²) >= 11 is 0. The second kappa shape index (κ2) is 4.80. The van der Waals surface area contributed by atoms with Gasteiger partial charge in [-0.05, 0) is 25.3 Å². The third-order valence-corrected chi connectivity index (χ3v) is 6.79. The SMILES string of the molecule is CC(C)C1(C)CNCC2(CCS(=O)(=O)c3ccccc32)O1. The molecule has 21 heavy (non-hydrogen) atoms. The Bertz CT molecular complexity index is 655. The van der Waals surface area contributed by atoms with Gasteiger partial charge in [0.15, 0.2) is 9.84 Å².